The Bertz CT molecular complexity index is 3210. The van der Waals surface area contributed by atoms with Gasteiger partial charge in [-0.1, -0.05) is 176 Å². The highest BCUT2D eigenvalue weighted by atomic mass is 15.0. The number of fused-ring (bicyclic) bond motifs is 3. The summed E-state index contributed by atoms with van der Waals surface area (Å²) in [7, 11) is 0. The van der Waals surface area contributed by atoms with E-state index in [1.165, 1.54) is 55.2 Å². The van der Waals surface area contributed by atoms with Crippen LogP contribution in [0.4, 0.5) is 0 Å². The van der Waals surface area contributed by atoms with Crippen molar-refractivity contribution in [3.63, 3.8) is 0 Å². The fraction of sp³-hybridized carbons (Fsp3) is 0.0635. The second-order valence-corrected chi connectivity index (χ2v) is 17.3. The Morgan fingerprint density at radius 1 is 0.409 bits per heavy atom. The van der Waals surface area contributed by atoms with Gasteiger partial charge in [0.15, 0.2) is 0 Å². The molecule has 316 valence electrons. The van der Waals surface area contributed by atoms with Gasteiger partial charge in [0, 0.05) is 40.2 Å². The third-order valence-corrected chi connectivity index (χ3v) is 13.0. The molecule has 2 aromatic heterocycles. The molecule has 1 unspecified atom stereocenters. The molecule has 0 radical (unpaired) electrons. The highest BCUT2D eigenvalue weighted by Crippen LogP contribution is 2.41. The van der Waals surface area contributed by atoms with Crippen LogP contribution in [0.2, 0.25) is 0 Å². The van der Waals surface area contributed by atoms with Gasteiger partial charge in [-0.05, 0) is 136 Å². The van der Waals surface area contributed by atoms with E-state index < -0.39 is 0 Å². The lowest BCUT2D eigenvalue weighted by Crippen LogP contribution is -2.18. The van der Waals surface area contributed by atoms with E-state index in [-0.39, 0.29) is 6.04 Å². The van der Waals surface area contributed by atoms with Crippen molar-refractivity contribution in [1.29, 1.82) is 0 Å². The third-order valence-electron chi connectivity index (χ3n) is 13.0. The minimum Gasteiger partial charge on any atom is -0.309 e. The van der Waals surface area contributed by atoms with Crippen LogP contribution >= 0.6 is 0 Å². The monoisotopic (exact) mass is 847 g/mol. The summed E-state index contributed by atoms with van der Waals surface area (Å²) in [5.41, 5.74) is 20.5. The molecule has 11 rings (SSSR count). The zero-order valence-electron chi connectivity index (χ0n) is 37.2. The lowest BCUT2D eigenvalue weighted by atomic mass is 9.92. The lowest BCUT2D eigenvalue weighted by molar-refractivity contribution is 0.575. The Morgan fingerprint density at radius 2 is 0.848 bits per heavy atom. The fourth-order valence-corrected chi connectivity index (χ4v) is 9.53. The average Bonchev–Trinajstić information content (AvgIpc) is 3.73. The van der Waals surface area contributed by atoms with Crippen LogP contribution in [0.15, 0.2) is 237 Å². The summed E-state index contributed by atoms with van der Waals surface area (Å²) in [6.07, 6.45) is 0. The van der Waals surface area contributed by atoms with Crippen LogP contribution in [0.3, 0.4) is 0 Å². The van der Waals surface area contributed by atoms with Crippen LogP contribution in [-0.2, 0) is 6.54 Å². The van der Waals surface area contributed by atoms with Crippen molar-refractivity contribution in [2.24, 2.45) is 0 Å². The van der Waals surface area contributed by atoms with E-state index in [4.69, 9.17) is 4.98 Å². The molecule has 0 bridgehead atoms. The van der Waals surface area contributed by atoms with Crippen LogP contribution in [0.5, 0.6) is 0 Å². The first kappa shape index (κ1) is 40.7. The number of nitrogens with zero attached hydrogens (tertiary/aromatic N) is 2. The minimum atomic E-state index is 0.195. The maximum Gasteiger partial charge on any atom is 0.0716 e. The third kappa shape index (κ3) is 8.02. The number of benzene rings is 9. The van der Waals surface area contributed by atoms with Gasteiger partial charge in [-0.15, -0.1) is 0 Å². The van der Waals surface area contributed by atoms with Gasteiger partial charge in [-0.3, -0.25) is 0 Å². The van der Waals surface area contributed by atoms with Gasteiger partial charge in [-0.25, -0.2) is 4.98 Å². The summed E-state index contributed by atoms with van der Waals surface area (Å²) in [5, 5.41) is 6.39. The molecule has 3 heteroatoms. The van der Waals surface area contributed by atoms with E-state index >= 15 is 0 Å². The first-order valence-corrected chi connectivity index (χ1v) is 22.9. The second-order valence-electron chi connectivity index (χ2n) is 17.3. The molecule has 0 spiro atoms. The van der Waals surface area contributed by atoms with E-state index in [1.807, 2.05) is 0 Å². The summed E-state index contributed by atoms with van der Waals surface area (Å²) in [6, 6.07) is 85.6. The van der Waals surface area contributed by atoms with Gasteiger partial charge in [0.1, 0.15) is 0 Å². The molecule has 9 aromatic carbocycles. The molecule has 1 N–H and O–H groups in total. The zero-order valence-corrected chi connectivity index (χ0v) is 37.2. The summed E-state index contributed by atoms with van der Waals surface area (Å²) in [4.78, 5) is 5.49. The van der Waals surface area contributed by atoms with E-state index in [1.54, 1.807) is 0 Å². The van der Waals surface area contributed by atoms with Crippen molar-refractivity contribution in [2.75, 3.05) is 0 Å². The molecular formula is C63H49N3. The van der Waals surface area contributed by atoms with E-state index in [9.17, 15) is 0 Å². The van der Waals surface area contributed by atoms with Crippen molar-refractivity contribution in [3.05, 3.63) is 253 Å². The lowest BCUT2D eigenvalue weighted by Gasteiger charge is -2.18. The molecule has 0 fully saturated rings. The van der Waals surface area contributed by atoms with Crippen LogP contribution in [0, 0.1) is 6.92 Å². The highest BCUT2D eigenvalue weighted by molar-refractivity contribution is 6.11. The molecule has 3 nitrogen and oxygen atoms in total. The highest BCUT2D eigenvalue weighted by Gasteiger charge is 2.20. The molecule has 0 aliphatic rings. The minimum absolute atomic E-state index is 0.195. The van der Waals surface area contributed by atoms with Crippen LogP contribution in [0.25, 0.3) is 94.5 Å². The number of nitrogens with one attached hydrogen (secondary N) is 1. The average molecular weight is 848 g/mol. The van der Waals surface area contributed by atoms with Gasteiger partial charge >= 0.3 is 0 Å². The van der Waals surface area contributed by atoms with Crippen molar-refractivity contribution in [1.82, 2.24) is 14.9 Å². The SMILES string of the molecule is Cc1ccc2c(c1CNC(C)c1ccccc1)c1ccccc1n2-c1cc(-c2cc(-c3ccccc3)cc(-c3ccccc3)c2)cc(-c2cc(-c3ccccc3)cc(-c3ccccc3)n2)c1. The van der Waals surface area contributed by atoms with Crippen LogP contribution in [-0.4, -0.2) is 9.55 Å². The summed E-state index contributed by atoms with van der Waals surface area (Å²) < 4.78 is 2.47. The van der Waals surface area contributed by atoms with E-state index in [2.05, 4.69) is 260 Å². The normalized spacial score (nSPS) is 11.8. The van der Waals surface area contributed by atoms with Gasteiger partial charge in [0.2, 0.25) is 0 Å². The van der Waals surface area contributed by atoms with Crippen molar-refractivity contribution < 1.29 is 0 Å². The number of hydrogen-bond donors (Lipinski definition) is 1. The zero-order chi connectivity index (χ0) is 44.4. The van der Waals surface area contributed by atoms with Crippen LogP contribution < -0.4 is 5.32 Å². The predicted molar refractivity (Wildman–Crippen MR) is 278 cm³/mol. The molecule has 0 aliphatic heterocycles. The van der Waals surface area contributed by atoms with Crippen LogP contribution in [0.1, 0.15) is 29.7 Å². The predicted octanol–water partition coefficient (Wildman–Crippen LogP) is 16.3. The Kier molecular flexibility index (Phi) is 11.0. The van der Waals surface area contributed by atoms with Crippen molar-refractivity contribution in [3.8, 4) is 72.7 Å². The smallest absolute Gasteiger partial charge is 0.0716 e. The molecule has 0 saturated carbocycles. The number of pyridine rings is 1. The summed E-state index contributed by atoms with van der Waals surface area (Å²) in [6.45, 7) is 5.24. The van der Waals surface area contributed by atoms with Gasteiger partial charge in [-0.2, -0.15) is 0 Å². The van der Waals surface area contributed by atoms with Gasteiger partial charge in [0.05, 0.1) is 22.4 Å². The Morgan fingerprint density at radius 3 is 1.44 bits per heavy atom. The molecule has 0 amide bonds. The van der Waals surface area contributed by atoms with Gasteiger partial charge in [0.25, 0.3) is 0 Å². The number of hydrogen-bond acceptors (Lipinski definition) is 2. The largest absolute Gasteiger partial charge is 0.309 e. The van der Waals surface area contributed by atoms with E-state index in [0.717, 1.165) is 62.5 Å². The number of para-hydroxylation sites is 1. The Balaban J connectivity index is 1.16. The van der Waals surface area contributed by atoms with E-state index in [0.29, 0.717) is 0 Å². The maximum atomic E-state index is 5.49. The first-order valence-electron chi connectivity index (χ1n) is 22.9. The number of aromatic nitrogens is 2. The topological polar surface area (TPSA) is 29.9 Å². The Labute approximate surface area is 387 Å². The fourth-order valence-electron chi connectivity index (χ4n) is 9.53. The summed E-state index contributed by atoms with van der Waals surface area (Å²) in [5.74, 6) is 0. The van der Waals surface area contributed by atoms with Crippen molar-refractivity contribution in [2.45, 2.75) is 26.4 Å². The molecule has 0 saturated heterocycles. The molecule has 0 aliphatic carbocycles. The second kappa shape index (κ2) is 17.8. The maximum absolute atomic E-state index is 5.49. The first-order chi connectivity index (χ1) is 32.5. The molecule has 66 heavy (non-hydrogen) atoms. The molecule has 1 atom stereocenters. The van der Waals surface area contributed by atoms with Crippen molar-refractivity contribution >= 4 is 21.8 Å². The molecule has 11 aromatic rings. The molecular weight excluding hydrogens is 799 g/mol. The molecule has 2 heterocycles. The Hall–Kier alpha value is -8.11. The van der Waals surface area contributed by atoms with Gasteiger partial charge < -0.3 is 9.88 Å². The quantitative estimate of drug-likeness (QED) is 0.141. The number of rotatable bonds is 11. The number of aryl methyl sites for hydroxylation is 1. The summed E-state index contributed by atoms with van der Waals surface area (Å²) >= 11 is 0. The standard InChI is InChI=1S/C63H49N3/c1-43-32-33-62-63(58(43)42-64-44(2)45-20-8-3-9-21-45)57-30-18-19-31-61(57)66(62)56-38-53(52-35-50(46-22-10-4-11-23-46)34-51(36-52)47-24-12-5-13-25-47)37-55(39-56)60-41-54(48-26-14-6-15-27-48)40-59(65-60)49-28-16-7-17-29-49/h3-41,44,64H,42H2,1-2H3.